The highest BCUT2D eigenvalue weighted by Gasteiger charge is 2.18. The molecule has 0 unspecified atom stereocenters. The first kappa shape index (κ1) is 12.4. The average Bonchev–Trinajstić information content (AvgIpc) is 2.56. The zero-order chi connectivity index (χ0) is 13.8. The lowest BCUT2D eigenvalue weighted by atomic mass is 10.0. The molecule has 0 saturated carbocycles. The van der Waals surface area contributed by atoms with Gasteiger partial charge in [-0.2, -0.15) is 0 Å². The molecular formula is C18H15O2+. The first-order valence-corrected chi connectivity index (χ1v) is 6.50. The Morgan fingerprint density at radius 3 is 1.90 bits per heavy atom. The van der Waals surface area contributed by atoms with Crippen molar-refractivity contribution in [1.82, 2.24) is 0 Å². The van der Waals surface area contributed by atoms with E-state index in [1.54, 1.807) is 7.11 Å². The van der Waals surface area contributed by atoms with E-state index in [4.69, 9.17) is 9.15 Å². The van der Waals surface area contributed by atoms with Gasteiger partial charge in [0.1, 0.15) is 0 Å². The fourth-order valence-electron chi connectivity index (χ4n) is 2.18. The lowest BCUT2D eigenvalue weighted by Gasteiger charge is -2.04. The van der Waals surface area contributed by atoms with Crippen LogP contribution >= 0.6 is 0 Å². The van der Waals surface area contributed by atoms with Crippen molar-refractivity contribution in [2.75, 3.05) is 7.11 Å². The summed E-state index contributed by atoms with van der Waals surface area (Å²) < 4.78 is 11.1. The van der Waals surface area contributed by atoms with E-state index in [-0.39, 0.29) is 0 Å². The van der Waals surface area contributed by atoms with E-state index >= 15 is 0 Å². The highest BCUT2D eigenvalue weighted by Crippen LogP contribution is 2.34. The van der Waals surface area contributed by atoms with Gasteiger partial charge in [0.2, 0.25) is 0 Å². The second-order valence-corrected chi connectivity index (χ2v) is 4.43. The Morgan fingerprint density at radius 1 is 0.700 bits per heavy atom. The number of hydrogen-bond donors (Lipinski definition) is 0. The highest BCUT2D eigenvalue weighted by atomic mass is 16.6. The Kier molecular flexibility index (Phi) is 3.46. The molecule has 0 aliphatic rings. The minimum Gasteiger partial charge on any atom is -0.321 e. The number of hydrogen-bond acceptors (Lipinski definition) is 1. The van der Waals surface area contributed by atoms with Gasteiger partial charge in [0.05, 0.1) is 11.6 Å². The predicted octanol–water partition coefficient (Wildman–Crippen LogP) is 4.90. The first-order chi connectivity index (χ1) is 9.88. The van der Waals surface area contributed by atoms with Crippen molar-refractivity contribution >= 4 is 0 Å². The molecule has 0 radical (unpaired) electrons. The molecule has 0 aliphatic heterocycles. The summed E-state index contributed by atoms with van der Waals surface area (Å²) in [6.07, 6.45) is 0. The van der Waals surface area contributed by atoms with Crippen LogP contribution in [-0.2, 0) is 0 Å². The van der Waals surface area contributed by atoms with Crippen LogP contribution in [0.15, 0.2) is 77.2 Å². The molecule has 0 fully saturated rings. The second kappa shape index (κ2) is 5.57. The maximum absolute atomic E-state index is 5.88. The summed E-state index contributed by atoms with van der Waals surface area (Å²) in [4.78, 5) is 0. The van der Waals surface area contributed by atoms with Crippen LogP contribution in [-0.4, -0.2) is 7.11 Å². The molecule has 98 valence electrons. The lowest BCUT2D eigenvalue weighted by Crippen LogP contribution is -1.88. The van der Waals surface area contributed by atoms with Crippen molar-refractivity contribution in [3.8, 4) is 28.4 Å². The fraction of sp³-hybridized carbons (Fsp3) is 0.0556. The molecule has 20 heavy (non-hydrogen) atoms. The smallest absolute Gasteiger partial charge is 0.321 e. The SMILES string of the molecule is COc1ccc(-c2ccccc2)c(-c2ccccc2)[o+]1. The van der Waals surface area contributed by atoms with E-state index in [9.17, 15) is 0 Å². The molecule has 0 saturated heterocycles. The normalized spacial score (nSPS) is 10.2. The molecule has 2 heteroatoms. The van der Waals surface area contributed by atoms with Crippen molar-refractivity contribution in [2.24, 2.45) is 0 Å². The fourth-order valence-corrected chi connectivity index (χ4v) is 2.18. The molecule has 3 aromatic rings. The third kappa shape index (κ3) is 2.41. The van der Waals surface area contributed by atoms with Gasteiger partial charge in [-0.3, -0.25) is 4.42 Å². The van der Waals surface area contributed by atoms with Gasteiger partial charge in [0.15, 0.2) is 7.11 Å². The van der Waals surface area contributed by atoms with Gasteiger partial charge in [0, 0.05) is 5.56 Å². The standard InChI is InChI=1S/C18H15O2/c1-19-17-13-12-16(14-8-4-2-5-9-14)18(20-17)15-10-6-3-7-11-15/h2-13H,1H3/q+1. The minimum atomic E-state index is 0.503. The highest BCUT2D eigenvalue weighted by molar-refractivity contribution is 5.79. The predicted molar refractivity (Wildman–Crippen MR) is 80.5 cm³/mol. The van der Waals surface area contributed by atoms with Gasteiger partial charge in [0.25, 0.3) is 5.76 Å². The summed E-state index contributed by atoms with van der Waals surface area (Å²) in [5.74, 6) is 1.32. The van der Waals surface area contributed by atoms with E-state index in [0.717, 1.165) is 22.5 Å². The number of benzene rings is 2. The minimum absolute atomic E-state index is 0.503. The van der Waals surface area contributed by atoms with Gasteiger partial charge in [-0.15, -0.1) is 0 Å². The van der Waals surface area contributed by atoms with Gasteiger partial charge in [-0.05, 0) is 23.8 Å². The van der Waals surface area contributed by atoms with Crippen molar-refractivity contribution in [3.05, 3.63) is 72.8 Å². The number of methoxy groups -OCH3 is 1. The van der Waals surface area contributed by atoms with Crippen LogP contribution in [0.2, 0.25) is 0 Å². The van der Waals surface area contributed by atoms with Crippen molar-refractivity contribution in [1.29, 1.82) is 0 Å². The van der Waals surface area contributed by atoms with Crippen LogP contribution in [0.25, 0.3) is 22.5 Å². The molecular weight excluding hydrogens is 248 g/mol. The summed E-state index contributed by atoms with van der Waals surface area (Å²) >= 11 is 0. The Labute approximate surface area is 118 Å². The Hall–Kier alpha value is -2.61. The molecule has 0 amide bonds. The Balaban J connectivity index is 2.20. The Bertz CT molecular complexity index is 691. The first-order valence-electron chi connectivity index (χ1n) is 6.50. The number of ether oxygens (including phenoxy) is 1. The molecule has 0 atom stereocenters. The largest absolute Gasteiger partial charge is 0.518 e. The molecule has 3 rings (SSSR count). The third-order valence-electron chi connectivity index (χ3n) is 3.16. The maximum Gasteiger partial charge on any atom is 0.518 e. The molecule has 2 nitrogen and oxygen atoms in total. The molecule has 1 heterocycles. The molecule has 0 spiro atoms. The molecule has 1 aromatic heterocycles. The van der Waals surface area contributed by atoms with Crippen LogP contribution < -0.4 is 4.74 Å². The van der Waals surface area contributed by atoms with Crippen LogP contribution in [0.5, 0.6) is 5.95 Å². The van der Waals surface area contributed by atoms with Crippen LogP contribution in [0.3, 0.4) is 0 Å². The topological polar surface area (TPSA) is 20.5 Å². The quantitative estimate of drug-likeness (QED) is 0.626. The van der Waals surface area contributed by atoms with Crippen LogP contribution in [0.1, 0.15) is 0 Å². The summed E-state index contributed by atoms with van der Waals surface area (Å²) in [5.41, 5.74) is 3.21. The van der Waals surface area contributed by atoms with Gasteiger partial charge in [-0.25, -0.2) is 0 Å². The van der Waals surface area contributed by atoms with Crippen LogP contribution in [0, 0.1) is 0 Å². The summed E-state index contributed by atoms with van der Waals surface area (Å²) in [6, 6.07) is 24.1. The molecule has 0 aliphatic carbocycles. The Morgan fingerprint density at radius 2 is 1.30 bits per heavy atom. The summed E-state index contributed by atoms with van der Waals surface area (Å²) in [6.45, 7) is 0. The summed E-state index contributed by atoms with van der Waals surface area (Å²) in [5, 5.41) is 0. The summed E-state index contributed by atoms with van der Waals surface area (Å²) in [7, 11) is 1.61. The van der Waals surface area contributed by atoms with E-state index in [1.165, 1.54) is 0 Å². The van der Waals surface area contributed by atoms with Crippen molar-refractivity contribution in [3.63, 3.8) is 0 Å². The van der Waals surface area contributed by atoms with E-state index < -0.39 is 0 Å². The molecule has 2 aromatic carbocycles. The van der Waals surface area contributed by atoms with Gasteiger partial charge < -0.3 is 4.74 Å². The lowest BCUT2D eigenvalue weighted by molar-refractivity contribution is 0.302. The maximum atomic E-state index is 5.88. The van der Waals surface area contributed by atoms with E-state index in [1.807, 2.05) is 60.7 Å². The van der Waals surface area contributed by atoms with Gasteiger partial charge in [-0.1, -0.05) is 48.5 Å². The van der Waals surface area contributed by atoms with Crippen molar-refractivity contribution < 1.29 is 9.15 Å². The van der Waals surface area contributed by atoms with Crippen LogP contribution in [0.4, 0.5) is 0 Å². The second-order valence-electron chi connectivity index (χ2n) is 4.43. The monoisotopic (exact) mass is 263 g/mol. The van der Waals surface area contributed by atoms with Gasteiger partial charge >= 0.3 is 5.95 Å². The average molecular weight is 263 g/mol. The van der Waals surface area contributed by atoms with E-state index in [2.05, 4.69) is 12.1 Å². The third-order valence-corrected chi connectivity index (χ3v) is 3.16. The molecule has 0 bridgehead atoms. The zero-order valence-corrected chi connectivity index (χ0v) is 11.2. The van der Waals surface area contributed by atoms with E-state index in [0.29, 0.717) is 5.95 Å². The zero-order valence-electron chi connectivity index (χ0n) is 11.2. The number of rotatable bonds is 3. The molecule has 0 N–H and O–H groups in total. The van der Waals surface area contributed by atoms with Crippen molar-refractivity contribution in [2.45, 2.75) is 0 Å².